The molecule has 1 aliphatic rings. The van der Waals surface area contributed by atoms with Gasteiger partial charge in [0.1, 0.15) is 17.7 Å². The van der Waals surface area contributed by atoms with Gasteiger partial charge in [-0.15, -0.1) is 0 Å². The first-order valence-corrected chi connectivity index (χ1v) is 9.17. The lowest BCUT2D eigenvalue weighted by Crippen LogP contribution is -2.51. The molecule has 1 N–H and O–H groups in total. The molecule has 1 aliphatic heterocycles. The van der Waals surface area contributed by atoms with Crippen LogP contribution in [0.3, 0.4) is 0 Å². The molecular weight excluding hydrogens is 372 g/mol. The maximum Gasteiger partial charge on any atom is 0.410 e. The van der Waals surface area contributed by atoms with E-state index in [0.29, 0.717) is 37.4 Å². The molecule has 2 rings (SSSR count). The predicted molar refractivity (Wildman–Crippen MR) is 107 cm³/mol. The summed E-state index contributed by atoms with van der Waals surface area (Å²) in [5.41, 5.74) is 3.34. The van der Waals surface area contributed by atoms with Gasteiger partial charge in [-0.3, -0.25) is 10.2 Å². The number of hydrogen-bond donors (Lipinski definition) is 1. The first-order chi connectivity index (χ1) is 13.7. The largest absolute Gasteiger partial charge is 0.444 e. The summed E-state index contributed by atoms with van der Waals surface area (Å²) >= 11 is 0. The molecule has 1 aromatic carbocycles. The summed E-state index contributed by atoms with van der Waals surface area (Å²) in [5.74, 6) is -0.217. The average Bonchev–Trinajstić information content (AvgIpc) is 2.68. The zero-order chi connectivity index (χ0) is 21.6. The first-order valence-electron chi connectivity index (χ1n) is 9.17. The van der Waals surface area contributed by atoms with E-state index in [-0.39, 0.29) is 11.6 Å². The normalized spacial score (nSPS) is 13.7. The van der Waals surface area contributed by atoms with Crippen molar-refractivity contribution in [2.24, 2.45) is 5.10 Å². The molecule has 152 valence electrons. The number of amides is 2. The van der Waals surface area contributed by atoms with Gasteiger partial charge in [0.15, 0.2) is 0 Å². The minimum absolute atomic E-state index is 0.217. The highest BCUT2D eigenvalue weighted by Crippen LogP contribution is 2.23. The number of aryl methyl sites for hydroxylation is 1. The van der Waals surface area contributed by atoms with E-state index in [4.69, 9.17) is 15.3 Å². The molecule has 1 saturated heterocycles. The average molecular weight is 396 g/mol. The van der Waals surface area contributed by atoms with Crippen molar-refractivity contribution in [1.82, 2.24) is 9.80 Å². The summed E-state index contributed by atoms with van der Waals surface area (Å²) in [4.78, 5) is 28.5. The van der Waals surface area contributed by atoms with E-state index >= 15 is 0 Å². The van der Waals surface area contributed by atoms with Crippen LogP contribution in [0.25, 0.3) is 0 Å². The van der Waals surface area contributed by atoms with Gasteiger partial charge in [0, 0.05) is 26.2 Å². The number of nitrogens with zero attached hydrogens (tertiary/aromatic N) is 5. The predicted octanol–water partition coefficient (Wildman–Crippen LogP) is 2.50. The van der Waals surface area contributed by atoms with Crippen molar-refractivity contribution in [3.8, 4) is 12.1 Å². The van der Waals surface area contributed by atoms with E-state index in [1.54, 1.807) is 47.1 Å². The summed E-state index contributed by atoms with van der Waals surface area (Å²) < 4.78 is 5.37. The SMILES string of the molecule is Cc1cccc(C(=O)N2CCN(C(=O)OC(C)(C)C)CC2)c1NN=C(C#N)C#N. The molecule has 2 amide bonds. The van der Waals surface area contributed by atoms with Crippen LogP contribution < -0.4 is 5.43 Å². The quantitative estimate of drug-likeness (QED) is 0.619. The number of rotatable bonds is 3. The maximum absolute atomic E-state index is 13.0. The van der Waals surface area contributed by atoms with Crippen LogP contribution in [0.5, 0.6) is 0 Å². The molecule has 0 aromatic heterocycles. The second kappa shape index (κ2) is 9.07. The molecule has 0 saturated carbocycles. The maximum atomic E-state index is 13.0. The molecule has 29 heavy (non-hydrogen) atoms. The highest BCUT2D eigenvalue weighted by atomic mass is 16.6. The summed E-state index contributed by atoms with van der Waals surface area (Å²) in [6.45, 7) is 8.72. The zero-order valence-corrected chi connectivity index (χ0v) is 17.0. The Morgan fingerprint density at radius 2 is 1.69 bits per heavy atom. The number of hydrazone groups is 1. The van der Waals surface area contributed by atoms with E-state index < -0.39 is 11.7 Å². The van der Waals surface area contributed by atoms with Crippen LogP contribution in [-0.4, -0.2) is 59.3 Å². The third kappa shape index (κ3) is 5.69. The number of carbonyl (C=O) groups excluding carboxylic acids is 2. The molecule has 0 unspecified atom stereocenters. The number of nitrogens with one attached hydrogen (secondary N) is 1. The van der Waals surface area contributed by atoms with Crippen molar-refractivity contribution in [3.05, 3.63) is 29.3 Å². The van der Waals surface area contributed by atoms with Gasteiger partial charge in [-0.05, 0) is 39.3 Å². The highest BCUT2D eigenvalue weighted by Gasteiger charge is 2.29. The molecule has 9 nitrogen and oxygen atoms in total. The number of benzene rings is 1. The Bertz CT molecular complexity index is 880. The van der Waals surface area contributed by atoms with Gasteiger partial charge >= 0.3 is 6.09 Å². The summed E-state index contributed by atoms with van der Waals surface area (Å²) in [7, 11) is 0. The molecule has 0 atom stereocenters. The van der Waals surface area contributed by atoms with Crippen LogP contribution in [0.1, 0.15) is 36.7 Å². The second-order valence-corrected chi connectivity index (χ2v) is 7.55. The Hall–Kier alpha value is -3.59. The fourth-order valence-corrected chi connectivity index (χ4v) is 2.77. The zero-order valence-electron chi connectivity index (χ0n) is 17.0. The number of para-hydroxylation sites is 1. The van der Waals surface area contributed by atoms with Crippen molar-refractivity contribution >= 4 is 23.4 Å². The fourth-order valence-electron chi connectivity index (χ4n) is 2.77. The van der Waals surface area contributed by atoms with E-state index in [9.17, 15) is 9.59 Å². The lowest BCUT2D eigenvalue weighted by molar-refractivity contribution is 0.0141. The van der Waals surface area contributed by atoms with E-state index in [1.165, 1.54) is 0 Å². The van der Waals surface area contributed by atoms with Crippen LogP contribution in [0, 0.1) is 29.6 Å². The third-order valence-electron chi connectivity index (χ3n) is 4.21. The molecule has 9 heteroatoms. The van der Waals surface area contributed by atoms with Crippen molar-refractivity contribution in [2.45, 2.75) is 33.3 Å². The van der Waals surface area contributed by atoms with Gasteiger partial charge in [0.05, 0.1) is 11.3 Å². The number of ether oxygens (including phenoxy) is 1. The van der Waals surface area contributed by atoms with E-state index in [2.05, 4.69) is 10.5 Å². The van der Waals surface area contributed by atoms with Crippen molar-refractivity contribution in [1.29, 1.82) is 10.5 Å². The Kier molecular flexibility index (Phi) is 6.79. The van der Waals surface area contributed by atoms with E-state index in [0.717, 1.165) is 5.56 Å². The smallest absolute Gasteiger partial charge is 0.410 e. The van der Waals surface area contributed by atoms with Crippen LogP contribution in [0.2, 0.25) is 0 Å². The van der Waals surface area contributed by atoms with Gasteiger partial charge in [0.2, 0.25) is 5.71 Å². The Balaban J connectivity index is 2.12. The molecule has 0 spiro atoms. The molecule has 1 fully saturated rings. The van der Waals surface area contributed by atoms with Crippen molar-refractivity contribution in [2.75, 3.05) is 31.6 Å². The van der Waals surface area contributed by atoms with Gasteiger partial charge in [-0.1, -0.05) is 12.1 Å². The molecule has 0 aliphatic carbocycles. The van der Waals surface area contributed by atoms with Crippen molar-refractivity contribution in [3.63, 3.8) is 0 Å². The van der Waals surface area contributed by atoms with Crippen LogP contribution in [0.4, 0.5) is 10.5 Å². The van der Waals surface area contributed by atoms with E-state index in [1.807, 2.05) is 20.8 Å². The van der Waals surface area contributed by atoms with Crippen LogP contribution in [-0.2, 0) is 4.74 Å². The van der Waals surface area contributed by atoms with Crippen LogP contribution >= 0.6 is 0 Å². The fraction of sp³-hybridized carbons (Fsp3) is 0.450. The second-order valence-electron chi connectivity index (χ2n) is 7.55. The lowest BCUT2D eigenvalue weighted by Gasteiger charge is -2.35. The molecule has 0 bridgehead atoms. The molecule has 1 aromatic rings. The minimum Gasteiger partial charge on any atom is -0.444 e. The lowest BCUT2D eigenvalue weighted by atomic mass is 10.1. The van der Waals surface area contributed by atoms with Gasteiger partial charge < -0.3 is 14.5 Å². The number of nitriles is 2. The number of anilines is 1. The standard InChI is InChI=1S/C20H24N6O3/c1-14-6-5-7-16(17(14)24-23-15(12-21)13-22)18(27)25-8-10-26(11-9-25)19(28)29-20(2,3)4/h5-7,24H,8-11H2,1-4H3. The summed E-state index contributed by atoms with van der Waals surface area (Å²) in [5, 5.41) is 21.4. The van der Waals surface area contributed by atoms with Gasteiger partial charge in [-0.25, -0.2) is 4.79 Å². The Labute approximate surface area is 170 Å². The van der Waals surface area contributed by atoms with Crippen LogP contribution in [0.15, 0.2) is 23.3 Å². The van der Waals surface area contributed by atoms with Gasteiger partial charge in [-0.2, -0.15) is 15.6 Å². The first kappa shape index (κ1) is 21.7. The Morgan fingerprint density at radius 1 is 1.10 bits per heavy atom. The third-order valence-corrected chi connectivity index (χ3v) is 4.21. The highest BCUT2D eigenvalue weighted by molar-refractivity contribution is 6.10. The summed E-state index contributed by atoms with van der Waals surface area (Å²) in [6.07, 6.45) is -0.391. The molecule has 1 heterocycles. The van der Waals surface area contributed by atoms with Gasteiger partial charge in [0.25, 0.3) is 5.91 Å². The monoisotopic (exact) mass is 396 g/mol. The number of hydrogen-bond acceptors (Lipinski definition) is 7. The topological polar surface area (TPSA) is 122 Å². The minimum atomic E-state index is -0.571. The molecule has 0 radical (unpaired) electrons. The number of piperazine rings is 1. The Morgan fingerprint density at radius 3 is 2.24 bits per heavy atom. The summed E-state index contributed by atoms with van der Waals surface area (Å²) in [6, 6.07) is 8.54. The van der Waals surface area contributed by atoms with Crippen molar-refractivity contribution < 1.29 is 14.3 Å². The number of carbonyl (C=O) groups is 2. The molecular formula is C20H24N6O3.